The van der Waals surface area contributed by atoms with E-state index >= 15 is 0 Å². The largest absolute Gasteiger partial charge is 0.313 e. The van der Waals surface area contributed by atoms with E-state index in [1.54, 1.807) is 0 Å². The van der Waals surface area contributed by atoms with Crippen LogP contribution in [0.5, 0.6) is 0 Å². The summed E-state index contributed by atoms with van der Waals surface area (Å²) in [5.74, 6) is 0. The molecule has 0 fully saturated rings. The molecule has 0 bridgehead atoms. The molecule has 1 atom stereocenters. The molecule has 112 valence electrons. The summed E-state index contributed by atoms with van der Waals surface area (Å²) in [5.41, 5.74) is 4.09. The minimum absolute atomic E-state index is 0.449. The number of halogens is 1. The number of hydrogen-bond acceptors (Lipinski definition) is 1. The fourth-order valence-corrected chi connectivity index (χ4v) is 2.83. The molecular formula is C19H24ClN. The first-order valence-electron chi connectivity index (χ1n) is 7.71. The van der Waals surface area contributed by atoms with E-state index in [0.29, 0.717) is 6.04 Å². The van der Waals surface area contributed by atoms with Gasteiger partial charge in [0.05, 0.1) is 0 Å². The number of nitrogens with one attached hydrogen (secondary N) is 1. The van der Waals surface area contributed by atoms with Crippen molar-refractivity contribution in [1.29, 1.82) is 0 Å². The Kier molecular flexibility index (Phi) is 6.28. The normalized spacial score (nSPS) is 12.3. The van der Waals surface area contributed by atoms with Gasteiger partial charge in [-0.15, -0.1) is 0 Å². The third-order valence-electron chi connectivity index (χ3n) is 3.78. The smallest absolute Gasteiger partial charge is 0.0408 e. The summed E-state index contributed by atoms with van der Waals surface area (Å²) in [6, 6.07) is 17.3. The van der Waals surface area contributed by atoms with E-state index in [9.17, 15) is 0 Å². The zero-order chi connectivity index (χ0) is 15.1. The Bertz CT molecular complexity index is 565. The molecule has 1 N–H and O–H groups in total. The number of aryl methyl sites for hydroxylation is 1. The van der Waals surface area contributed by atoms with Crippen LogP contribution < -0.4 is 5.32 Å². The summed E-state index contributed by atoms with van der Waals surface area (Å²) in [5, 5.41) is 4.49. The van der Waals surface area contributed by atoms with Gasteiger partial charge in [0.2, 0.25) is 0 Å². The zero-order valence-electron chi connectivity index (χ0n) is 12.9. The van der Waals surface area contributed by atoms with Gasteiger partial charge in [0.25, 0.3) is 0 Å². The van der Waals surface area contributed by atoms with Crippen molar-refractivity contribution in [2.24, 2.45) is 0 Å². The van der Waals surface area contributed by atoms with E-state index in [4.69, 9.17) is 11.6 Å². The molecular weight excluding hydrogens is 278 g/mol. The highest BCUT2D eigenvalue weighted by molar-refractivity contribution is 6.30. The highest BCUT2D eigenvalue weighted by Crippen LogP contribution is 2.16. The second-order valence-corrected chi connectivity index (χ2v) is 6.05. The van der Waals surface area contributed by atoms with E-state index in [-0.39, 0.29) is 0 Å². The van der Waals surface area contributed by atoms with E-state index in [1.165, 1.54) is 16.7 Å². The fraction of sp³-hybridized carbons (Fsp3) is 0.368. The lowest BCUT2D eigenvalue weighted by Crippen LogP contribution is -2.34. The highest BCUT2D eigenvalue weighted by atomic mass is 35.5. The number of benzene rings is 2. The third kappa shape index (κ3) is 5.18. The molecule has 21 heavy (non-hydrogen) atoms. The van der Waals surface area contributed by atoms with Crippen LogP contribution >= 0.6 is 11.6 Å². The second kappa shape index (κ2) is 8.21. The Morgan fingerprint density at radius 1 is 1.05 bits per heavy atom. The van der Waals surface area contributed by atoms with Crippen LogP contribution in [0.2, 0.25) is 5.02 Å². The minimum Gasteiger partial charge on any atom is -0.313 e. The van der Waals surface area contributed by atoms with Gasteiger partial charge in [-0.05, 0) is 61.6 Å². The Morgan fingerprint density at radius 2 is 1.86 bits per heavy atom. The predicted molar refractivity (Wildman–Crippen MR) is 92.1 cm³/mol. The molecule has 1 unspecified atom stereocenters. The van der Waals surface area contributed by atoms with Crippen molar-refractivity contribution in [3.8, 4) is 0 Å². The molecule has 0 spiro atoms. The lowest BCUT2D eigenvalue weighted by molar-refractivity contribution is 0.504. The average molecular weight is 302 g/mol. The zero-order valence-corrected chi connectivity index (χ0v) is 13.7. The standard InChI is InChI=1S/C19H24ClN/c1-3-11-21-19(13-16-8-6-10-18(20)12-16)14-17-9-5-4-7-15(17)2/h4-10,12,19,21H,3,11,13-14H2,1-2H3. The van der Waals surface area contributed by atoms with Gasteiger partial charge in [0.15, 0.2) is 0 Å². The van der Waals surface area contributed by atoms with E-state index in [1.807, 2.05) is 12.1 Å². The molecule has 0 saturated carbocycles. The van der Waals surface area contributed by atoms with Crippen LogP contribution in [0.15, 0.2) is 48.5 Å². The van der Waals surface area contributed by atoms with Crippen LogP contribution in [0.3, 0.4) is 0 Å². The summed E-state index contributed by atoms with van der Waals surface area (Å²) in [7, 11) is 0. The second-order valence-electron chi connectivity index (χ2n) is 5.62. The monoisotopic (exact) mass is 301 g/mol. The molecule has 2 heteroatoms. The van der Waals surface area contributed by atoms with Gasteiger partial charge in [0.1, 0.15) is 0 Å². The molecule has 0 aliphatic heterocycles. The van der Waals surface area contributed by atoms with Crippen LogP contribution in [0, 0.1) is 6.92 Å². The van der Waals surface area contributed by atoms with Crippen molar-refractivity contribution in [3.63, 3.8) is 0 Å². The minimum atomic E-state index is 0.449. The van der Waals surface area contributed by atoms with E-state index < -0.39 is 0 Å². The summed E-state index contributed by atoms with van der Waals surface area (Å²) in [6.45, 7) is 5.44. The summed E-state index contributed by atoms with van der Waals surface area (Å²) >= 11 is 6.10. The lowest BCUT2D eigenvalue weighted by Gasteiger charge is -2.20. The van der Waals surface area contributed by atoms with Crippen molar-refractivity contribution in [1.82, 2.24) is 5.32 Å². The van der Waals surface area contributed by atoms with Crippen molar-refractivity contribution in [3.05, 3.63) is 70.2 Å². The molecule has 0 aliphatic carbocycles. The first-order chi connectivity index (χ1) is 10.2. The Morgan fingerprint density at radius 3 is 2.57 bits per heavy atom. The van der Waals surface area contributed by atoms with Gasteiger partial charge in [0, 0.05) is 11.1 Å². The first kappa shape index (κ1) is 16.1. The van der Waals surface area contributed by atoms with Crippen LogP contribution in [0.4, 0.5) is 0 Å². The van der Waals surface area contributed by atoms with Crippen molar-refractivity contribution < 1.29 is 0 Å². The molecule has 2 aromatic carbocycles. The quantitative estimate of drug-likeness (QED) is 0.774. The molecule has 1 nitrogen and oxygen atoms in total. The van der Waals surface area contributed by atoms with Crippen LogP contribution in [-0.2, 0) is 12.8 Å². The van der Waals surface area contributed by atoms with Crippen LogP contribution in [0.1, 0.15) is 30.0 Å². The summed E-state index contributed by atoms with van der Waals surface area (Å²) < 4.78 is 0. The topological polar surface area (TPSA) is 12.0 Å². The lowest BCUT2D eigenvalue weighted by atomic mass is 9.96. The molecule has 2 aromatic rings. The third-order valence-corrected chi connectivity index (χ3v) is 4.02. The number of rotatable bonds is 7. The van der Waals surface area contributed by atoms with Gasteiger partial charge in [-0.3, -0.25) is 0 Å². The SMILES string of the molecule is CCCNC(Cc1cccc(Cl)c1)Cc1ccccc1C. The van der Waals surface area contributed by atoms with Gasteiger partial charge >= 0.3 is 0 Å². The van der Waals surface area contributed by atoms with Gasteiger partial charge in [-0.1, -0.05) is 54.9 Å². The van der Waals surface area contributed by atoms with Gasteiger partial charge in [-0.2, -0.15) is 0 Å². The molecule has 0 heterocycles. The Balaban J connectivity index is 2.09. The highest BCUT2D eigenvalue weighted by Gasteiger charge is 2.11. The van der Waals surface area contributed by atoms with E-state index in [2.05, 4.69) is 55.6 Å². The Hall–Kier alpha value is -1.31. The Labute approximate surface area is 133 Å². The summed E-state index contributed by atoms with van der Waals surface area (Å²) in [4.78, 5) is 0. The average Bonchev–Trinajstić information content (AvgIpc) is 2.47. The molecule has 2 rings (SSSR count). The molecule has 0 radical (unpaired) electrons. The maximum Gasteiger partial charge on any atom is 0.0408 e. The molecule has 0 saturated heterocycles. The van der Waals surface area contributed by atoms with Gasteiger partial charge in [-0.25, -0.2) is 0 Å². The summed E-state index contributed by atoms with van der Waals surface area (Å²) in [6.07, 6.45) is 3.22. The first-order valence-corrected chi connectivity index (χ1v) is 8.09. The maximum absolute atomic E-state index is 6.10. The predicted octanol–water partition coefficient (Wildman–Crippen LogP) is 4.80. The van der Waals surface area contributed by atoms with E-state index in [0.717, 1.165) is 30.8 Å². The van der Waals surface area contributed by atoms with Crippen molar-refractivity contribution in [2.75, 3.05) is 6.54 Å². The van der Waals surface area contributed by atoms with Crippen molar-refractivity contribution in [2.45, 2.75) is 39.2 Å². The van der Waals surface area contributed by atoms with Crippen molar-refractivity contribution >= 4 is 11.6 Å². The molecule has 0 aromatic heterocycles. The van der Waals surface area contributed by atoms with Crippen LogP contribution in [0.25, 0.3) is 0 Å². The molecule has 0 aliphatic rings. The molecule has 0 amide bonds. The van der Waals surface area contributed by atoms with Gasteiger partial charge < -0.3 is 5.32 Å². The maximum atomic E-state index is 6.10. The fourth-order valence-electron chi connectivity index (χ4n) is 2.62. The number of hydrogen-bond donors (Lipinski definition) is 1. The van der Waals surface area contributed by atoms with Crippen LogP contribution in [-0.4, -0.2) is 12.6 Å².